The second-order valence-electron chi connectivity index (χ2n) is 4.06. The van der Waals surface area contributed by atoms with Gasteiger partial charge in [0.25, 0.3) is 11.5 Å². The highest BCUT2D eigenvalue weighted by atomic mass is 16.7. The zero-order valence-corrected chi connectivity index (χ0v) is 11.2. The van der Waals surface area contributed by atoms with E-state index in [0.717, 1.165) is 0 Å². The van der Waals surface area contributed by atoms with E-state index in [0.29, 0.717) is 10.8 Å². The summed E-state index contributed by atoms with van der Waals surface area (Å²) in [5, 5.41) is 9.67. The van der Waals surface area contributed by atoms with Crippen LogP contribution in [-0.2, 0) is 9.47 Å². The molecule has 0 aliphatic rings. The Hall–Kier alpha value is -2.25. The van der Waals surface area contributed by atoms with Crippen molar-refractivity contribution >= 4 is 16.7 Å². The van der Waals surface area contributed by atoms with Gasteiger partial charge in [0.1, 0.15) is 0 Å². The van der Waals surface area contributed by atoms with Crippen LogP contribution in [0.25, 0.3) is 10.8 Å². The van der Waals surface area contributed by atoms with Crippen LogP contribution >= 0.6 is 0 Å². The van der Waals surface area contributed by atoms with E-state index in [1.807, 2.05) is 0 Å². The minimum atomic E-state index is -0.534. The lowest BCUT2D eigenvalue weighted by Crippen LogP contribution is -2.35. The lowest BCUT2D eigenvalue weighted by Gasteiger charge is -2.14. The van der Waals surface area contributed by atoms with Gasteiger partial charge in [-0.1, -0.05) is 18.2 Å². The van der Waals surface area contributed by atoms with Gasteiger partial charge in [0, 0.05) is 19.6 Å². The molecule has 0 radical (unpaired) electrons. The molecular weight excluding hydrogens is 262 g/mol. The molecule has 7 heteroatoms. The largest absolute Gasteiger partial charge is 0.354 e. The van der Waals surface area contributed by atoms with Crippen molar-refractivity contribution in [3.63, 3.8) is 0 Å². The van der Waals surface area contributed by atoms with Crippen LogP contribution in [0, 0.1) is 0 Å². The number of nitrogens with one attached hydrogen (secondary N) is 2. The summed E-state index contributed by atoms with van der Waals surface area (Å²) in [5.74, 6) is -0.406. The van der Waals surface area contributed by atoms with Crippen molar-refractivity contribution in [2.75, 3.05) is 20.8 Å². The number of hydrogen-bond donors (Lipinski definition) is 2. The number of aromatic nitrogens is 2. The van der Waals surface area contributed by atoms with Crippen molar-refractivity contribution in [1.82, 2.24) is 15.5 Å². The van der Waals surface area contributed by atoms with E-state index >= 15 is 0 Å². The molecule has 0 atom stereocenters. The third-order valence-corrected chi connectivity index (χ3v) is 2.87. The molecule has 0 aliphatic heterocycles. The van der Waals surface area contributed by atoms with Gasteiger partial charge in [0.15, 0.2) is 12.0 Å². The fraction of sp³-hybridized carbons (Fsp3) is 0.308. The number of amides is 1. The fourth-order valence-corrected chi connectivity index (χ4v) is 1.81. The molecule has 0 aliphatic carbocycles. The highest BCUT2D eigenvalue weighted by molar-refractivity contribution is 6.04. The topological polar surface area (TPSA) is 93.3 Å². The van der Waals surface area contributed by atoms with Crippen molar-refractivity contribution in [2.24, 2.45) is 0 Å². The maximum absolute atomic E-state index is 12.1. The Labute approximate surface area is 114 Å². The number of H-pyrrole nitrogens is 1. The van der Waals surface area contributed by atoms with Crippen LogP contribution in [0.4, 0.5) is 0 Å². The van der Waals surface area contributed by atoms with Crippen LogP contribution in [-0.4, -0.2) is 43.2 Å². The number of carbonyl (C=O) groups excluding carboxylic acids is 1. The van der Waals surface area contributed by atoms with Gasteiger partial charge in [0.05, 0.1) is 11.9 Å². The SMILES string of the molecule is COC(CNC(=O)c1n[nH]c(=O)c2ccccc12)OC. The molecule has 1 aromatic carbocycles. The molecule has 7 nitrogen and oxygen atoms in total. The molecule has 106 valence electrons. The van der Waals surface area contributed by atoms with Gasteiger partial charge >= 0.3 is 0 Å². The Kier molecular flexibility index (Phi) is 4.44. The van der Waals surface area contributed by atoms with E-state index in [-0.39, 0.29) is 17.8 Å². The van der Waals surface area contributed by atoms with Crippen LogP contribution in [0.3, 0.4) is 0 Å². The quantitative estimate of drug-likeness (QED) is 0.765. The minimum absolute atomic E-state index is 0.158. The van der Waals surface area contributed by atoms with Crippen LogP contribution in [0.2, 0.25) is 0 Å². The van der Waals surface area contributed by atoms with E-state index in [4.69, 9.17) is 9.47 Å². The molecule has 0 saturated carbocycles. The summed E-state index contributed by atoms with van der Waals surface area (Å²) in [7, 11) is 2.96. The van der Waals surface area contributed by atoms with Crippen LogP contribution in [0.1, 0.15) is 10.5 Å². The first-order valence-corrected chi connectivity index (χ1v) is 5.98. The van der Waals surface area contributed by atoms with Gasteiger partial charge < -0.3 is 14.8 Å². The second-order valence-corrected chi connectivity index (χ2v) is 4.06. The lowest BCUT2D eigenvalue weighted by atomic mass is 10.1. The number of carbonyl (C=O) groups is 1. The van der Waals surface area contributed by atoms with Gasteiger partial charge in [0.2, 0.25) is 0 Å². The average molecular weight is 277 g/mol. The van der Waals surface area contributed by atoms with Crippen molar-refractivity contribution in [3.05, 3.63) is 40.3 Å². The van der Waals surface area contributed by atoms with Gasteiger partial charge in [-0.15, -0.1) is 0 Å². The molecule has 0 fully saturated rings. The first-order valence-electron chi connectivity index (χ1n) is 5.98. The summed E-state index contributed by atoms with van der Waals surface area (Å²) < 4.78 is 9.95. The Morgan fingerprint density at radius 2 is 1.95 bits per heavy atom. The molecule has 2 N–H and O–H groups in total. The molecule has 0 saturated heterocycles. The number of rotatable bonds is 5. The average Bonchev–Trinajstić information content (AvgIpc) is 2.48. The molecule has 2 rings (SSSR count). The zero-order valence-electron chi connectivity index (χ0n) is 11.2. The molecule has 2 aromatic rings. The molecule has 0 bridgehead atoms. The third-order valence-electron chi connectivity index (χ3n) is 2.87. The number of fused-ring (bicyclic) bond motifs is 1. The molecule has 0 unspecified atom stereocenters. The Morgan fingerprint density at radius 3 is 2.60 bits per heavy atom. The molecule has 1 heterocycles. The van der Waals surface area contributed by atoms with Gasteiger partial charge in [-0.2, -0.15) is 5.10 Å². The Balaban J connectivity index is 2.27. The maximum Gasteiger partial charge on any atom is 0.272 e. The summed E-state index contributed by atoms with van der Waals surface area (Å²) in [6, 6.07) is 6.79. The number of aromatic amines is 1. The van der Waals surface area contributed by atoms with Crippen LogP contribution in [0.15, 0.2) is 29.1 Å². The first kappa shape index (κ1) is 14.2. The van der Waals surface area contributed by atoms with E-state index in [9.17, 15) is 9.59 Å². The summed E-state index contributed by atoms with van der Waals surface area (Å²) >= 11 is 0. The zero-order chi connectivity index (χ0) is 14.5. The smallest absolute Gasteiger partial charge is 0.272 e. The molecule has 0 spiro atoms. The number of ether oxygens (including phenoxy) is 2. The summed E-state index contributed by atoms with van der Waals surface area (Å²) in [5.41, 5.74) is -0.171. The van der Waals surface area contributed by atoms with Gasteiger partial charge in [-0.05, 0) is 6.07 Å². The predicted molar refractivity (Wildman–Crippen MR) is 72.5 cm³/mol. The standard InChI is InChI=1S/C13H15N3O4/c1-19-10(20-2)7-14-13(18)11-8-5-3-4-6-9(8)12(17)16-15-11/h3-6,10H,7H2,1-2H3,(H,14,18)(H,16,17). The highest BCUT2D eigenvalue weighted by Crippen LogP contribution is 2.11. The summed E-state index contributed by atoms with van der Waals surface area (Å²) in [4.78, 5) is 23.7. The van der Waals surface area contributed by atoms with Crippen molar-refractivity contribution in [2.45, 2.75) is 6.29 Å². The maximum atomic E-state index is 12.1. The van der Waals surface area contributed by atoms with E-state index in [1.54, 1.807) is 24.3 Å². The second kappa shape index (κ2) is 6.27. The van der Waals surface area contributed by atoms with Crippen molar-refractivity contribution < 1.29 is 14.3 Å². The lowest BCUT2D eigenvalue weighted by molar-refractivity contribution is -0.0974. The minimum Gasteiger partial charge on any atom is -0.354 e. The van der Waals surface area contributed by atoms with Gasteiger partial charge in [-0.3, -0.25) is 9.59 Å². The number of benzene rings is 1. The molecule has 1 aromatic heterocycles. The van der Waals surface area contributed by atoms with Crippen LogP contribution < -0.4 is 10.9 Å². The fourth-order valence-electron chi connectivity index (χ4n) is 1.81. The third kappa shape index (κ3) is 2.84. The van der Waals surface area contributed by atoms with E-state index in [1.165, 1.54) is 14.2 Å². The Morgan fingerprint density at radius 1 is 1.30 bits per heavy atom. The predicted octanol–water partition coefficient (Wildman–Crippen LogP) is 0.272. The number of hydrogen-bond acceptors (Lipinski definition) is 5. The summed E-state index contributed by atoms with van der Waals surface area (Å²) in [6.07, 6.45) is -0.534. The van der Waals surface area contributed by atoms with Gasteiger partial charge in [-0.25, -0.2) is 5.10 Å². The van der Waals surface area contributed by atoms with Crippen molar-refractivity contribution in [1.29, 1.82) is 0 Å². The molecule has 1 amide bonds. The normalized spacial score (nSPS) is 10.9. The first-order chi connectivity index (χ1) is 9.67. The molecule has 20 heavy (non-hydrogen) atoms. The van der Waals surface area contributed by atoms with Crippen molar-refractivity contribution in [3.8, 4) is 0 Å². The number of nitrogens with zero attached hydrogens (tertiary/aromatic N) is 1. The van der Waals surface area contributed by atoms with E-state index in [2.05, 4.69) is 15.5 Å². The molecular formula is C13H15N3O4. The Bertz CT molecular complexity index is 664. The van der Waals surface area contributed by atoms with E-state index < -0.39 is 12.2 Å². The highest BCUT2D eigenvalue weighted by Gasteiger charge is 2.15. The summed E-state index contributed by atoms with van der Waals surface area (Å²) in [6.45, 7) is 0.182. The van der Waals surface area contributed by atoms with Crippen LogP contribution in [0.5, 0.6) is 0 Å². The number of methoxy groups -OCH3 is 2. The monoisotopic (exact) mass is 277 g/mol.